The lowest BCUT2D eigenvalue weighted by molar-refractivity contribution is 0.0978. The molecule has 162 valence electrons. The molecule has 1 N–H and O–H groups in total. The van der Waals surface area contributed by atoms with Crippen molar-refractivity contribution < 1.29 is 14.4 Å². The molecule has 1 aliphatic carbocycles. The Hall–Kier alpha value is -4.84. The molecule has 0 saturated heterocycles. The number of carbonyl (C=O) groups is 3. The SMILES string of the molecule is O=C(Nc1cccc2c1C(=O)c1ccccc1C2=O)c1ccn2cc(-c3ccccc3)nc2c1. The Morgan fingerprint density at radius 1 is 0.765 bits per heavy atom. The van der Waals surface area contributed by atoms with E-state index in [0.717, 1.165) is 11.3 Å². The summed E-state index contributed by atoms with van der Waals surface area (Å²) in [7, 11) is 0. The van der Waals surface area contributed by atoms with Gasteiger partial charge >= 0.3 is 0 Å². The molecular formula is C28H17N3O3. The van der Waals surface area contributed by atoms with Crippen molar-refractivity contribution in [1.82, 2.24) is 9.38 Å². The van der Waals surface area contributed by atoms with E-state index in [2.05, 4.69) is 10.3 Å². The van der Waals surface area contributed by atoms with Crippen LogP contribution >= 0.6 is 0 Å². The highest BCUT2D eigenvalue weighted by Crippen LogP contribution is 2.32. The lowest BCUT2D eigenvalue weighted by Crippen LogP contribution is -2.23. The average Bonchev–Trinajstić information content (AvgIpc) is 3.31. The number of pyridine rings is 1. The van der Waals surface area contributed by atoms with Gasteiger partial charge in [-0.25, -0.2) is 4.98 Å². The van der Waals surface area contributed by atoms with Crippen LogP contribution in [0.25, 0.3) is 16.9 Å². The Balaban J connectivity index is 1.34. The van der Waals surface area contributed by atoms with Crippen LogP contribution in [-0.4, -0.2) is 26.9 Å². The summed E-state index contributed by atoms with van der Waals surface area (Å²) in [5, 5.41) is 2.82. The second kappa shape index (κ2) is 7.64. The third kappa shape index (κ3) is 3.12. The molecule has 0 bridgehead atoms. The third-order valence-corrected chi connectivity index (χ3v) is 5.99. The summed E-state index contributed by atoms with van der Waals surface area (Å²) in [5.41, 5.74) is 4.34. The number of aromatic nitrogens is 2. The summed E-state index contributed by atoms with van der Waals surface area (Å²) in [6, 6.07) is 24.8. The largest absolute Gasteiger partial charge is 0.321 e. The van der Waals surface area contributed by atoms with Gasteiger partial charge in [-0.2, -0.15) is 0 Å². The number of anilines is 1. The van der Waals surface area contributed by atoms with Gasteiger partial charge in [0.25, 0.3) is 5.91 Å². The Morgan fingerprint density at radius 3 is 2.26 bits per heavy atom. The van der Waals surface area contributed by atoms with Gasteiger partial charge in [0.15, 0.2) is 11.6 Å². The van der Waals surface area contributed by atoms with Crippen LogP contribution in [0, 0.1) is 0 Å². The number of amides is 1. The Bertz CT molecular complexity index is 1630. The molecule has 6 heteroatoms. The second-order valence-corrected chi connectivity index (χ2v) is 8.06. The molecule has 3 aromatic carbocycles. The molecule has 2 heterocycles. The molecule has 34 heavy (non-hydrogen) atoms. The first-order valence-corrected chi connectivity index (χ1v) is 10.8. The molecule has 0 aliphatic heterocycles. The third-order valence-electron chi connectivity index (χ3n) is 5.99. The van der Waals surface area contributed by atoms with Crippen LogP contribution in [0.1, 0.15) is 42.2 Å². The summed E-state index contributed by atoms with van der Waals surface area (Å²) in [6.07, 6.45) is 3.68. The first kappa shape index (κ1) is 19.8. The van der Waals surface area contributed by atoms with Gasteiger partial charge < -0.3 is 9.72 Å². The van der Waals surface area contributed by atoms with E-state index < -0.39 is 0 Å². The van der Waals surface area contributed by atoms with Crippen LogP contribution in [-0.2, 0) is 0 Å². The highest BCUT2D eigenvalue weighted by Gasteiger charge is 2.31. The minimum Gasteiger partial charge on any atom is -0.321 e. The predicted molar refractivity (Wildman–Crippen MR) is 128 cm³/mol. The Morgan fingerprint density at radius 2 is 1.47 bits per heavy atom. The molecule has 1 aliphatic rings. The van der Waals surface area contributed by atoms with Crippen molar-refractivity contribution in [2.24, 2.45) is 0 Å². The molecule has 2 aromatic heterocycles. The Kier molecular flexibility index (Phi) is 4.45. The van der Waals surface area contributed by atoms with Crippen LogP contribution in [0.3, 0.4) is 0 Å². The molecule has 0 fully saturated rings. The van der Waals surface area contributed by atoms with Gasteiger partial charge in [-0.05, 0) is 18.2 Å². The van der Waals surface area contributed by atoms with E-state index in [-0.39, 0.29) is 28.6 Å². The van der Waals surface area contributed by atoms with Gasteiger partial charge in [-0.15, -0.1) is 0 Å². The van der Waals surface area contributed by atoms with Crippen molar-refractivity contribution in [3.8, 4) is 11.3 Å². The maximum Gasteiger partial charge on any atom is 0.255 e. The van der Waals surface area contributed by atoms with Crippen LogP contribution in [0.2, 0.25) is 0 Å². The summed E-state index contributed by atoms with van der Waals surface area (Å²) in [6.45, 7) is 0. The van der Waals surface area contributed by atoms with Crippen LogP contribution < -0.4 is 5.32 Å². The number of ketones is 2. The maximum atomic E-state index is 13.2. The summed E-state index contributed by atoms with van der Waals surface area (Å²) < 4.78 is 1.85. The van der Waals surface area contributed by atoms with Crippen molar-refractivity contribution in [2.45, 2.75) is 0 Å². The molecule has 6 nitrogen and oxygen atoms in total. The zero-order valence-electron chi connectivity index (χ0n) is 17.9. The maximum absolute atomic E-state index is 13.2. The molecule has 0 radical (unpaired) electrons. The van der Waals surface area contributed by atoms with E-state index in [0.29, 0.717) is 28.0 Å². The highest BCUT2D eigenvalue weighted by atomic mass is 16.2. The average molecular weight is 443 g/mol. The van der Waals surface area contributed by atoms with E-state index >= 15 is 0 Å². The normalized spacial score (nSPS) is 12.4. The van der Waals surface area contributed by atoms with Gasteiger partial charge in [-0.1, -0.05) is 66.7 Å². The number of hydrogen-bond acceptors (Lipinski definition) is 4. The Labute approximate surface area is 194 Å². The summed E-state index contributed by atoms with van der Waals surface area (Å²) >= 11 is 0. The fourth-order valence-electron chi connectivity index (χ4n) is 4.31. The molecule has 0 atom stereocenters. The highest BCUT2D eigenvalue weighted by molar-refractivity contribution is 6.30. The number of nitrogens with zero attached hydrogens (tertiary/aromatic N) is 2. The first-order chi connectivity index (χ1) is 16.6. The number of carbonyl (C=O) groups excluding carboxylic acids is 3. The number of hydrogen-bond donors (Lipinski definition) is 1. The fraction of sp³-hybridized carbons (Fsp3) is 0. The van der Waals surface area contributed by atoms with Crippen LogP contribution in [0.15, 0.2) is 97.3 Å². The number of imidazole rings is 1. The smallest absolute Gasteiger partial charge is 0.255 e. The molecule has 0 saturated carbocycles. The number of rotatable bonds is 3. The van der Waals surface area contributed by atoms with E-state index in [1.54, 1.807) is 60.8 Å². The second-order valence-electron chi connectivity index (χ2n) is 8.06. The van der Waals surface area contributed by atoms with Crippen molar-refractivity contribution >= 4 is 28.8 Å². The van der Waals surface area contributed by atoms with Gasteiger partial charge in [0, 0.05) is 40.2 Å². The molecule has 1 amide bonds. The summed E-state index contributed by atoms with van der Waals surface area (Å²) in [4.78, 5) is 43.9. The minimum atomic E-state index is -0.390. The van der Waals surface area contributed by atoms with Gasteiger partial charge in [0.2, 0.25) is 0 Å². The standard InChI is InChI=1S/C28H17N3O3/c32-26-19-9-4-5-10-20(19)27(33)25-21(26)11-6-12-22(25)30-28(34)18-13-14-31-16-23(29-24(31)15-18)17-7-2-1-3-8-17/h1-16H,(H,30,34). The van der Waals surface area contributed by atoms with Crippen molar-refractivity contribution in [3.05, 3.63) is 125 Å². The number of benzene rings is 3. The molecule has 5 aromatic rings. The van der Waals surface area contributed by atoms with E-state index in [9.17, 15) is 14.4 Å². The van der Waals surface area contributed by atoms with Crippen LogP contribution in [0.5, 0.6) is 0 Å². The molecule has 0 unspecified atom stereocenters. The van der Waals surface area contributed by atoms with Gasteiger partial charge in [0.1, 0.15) is 5.65 Å². The zero-order chi connectivity index (χ0) is 23.2. The molecular weight excluding hydrogens is 426 g/mol. The van der Waals surface area contributed by atoms with Gasteiger partial charge in [-0.3, -0.25) is 14.4 Å². The van der Waals surface area contributed by atoms with Gasteiger partial charge in [0.05, 0.1) is 16.9 Å². The molecule has 6 rings (SSSR count). The topological polar surface area (TPSA) is 80.5 Å². The lowest BCUT2D eigenvalue weighted by atomic mass is 9.83. The number of fused-ring (bicyclic) bond motifs is 3. The van der Waals surface area contributed by atoms with E-state index in [4.69, 9.17) is 0 Å². The lowest BCUT2D eigenvalue weighted by Gasteiger charge is -2.20. The monoisotopic (exact) mass is 443 g/mol. The van der Waals surface area contributed by atoms with Crippen molar-refractivity contribution in [2.75, 3.05) is 5.32 Å². The van der Waals surface area contributed by atoms with E-state index in [1.807, 2.05) is 40.9 Å². The minimum absolute atomic E-state index is 0.216. The predicted octanol–water partition coefficient (Wildman–Crippen LogP) is 5.03. The summed E-state index contributed by atoms with van der Waals surface area (Å²) in [5.74, 6) is -0.898. The fourth-order valence-corrected chi connectivity index (χ4v) is 4.31. The van der Waals surface area contributed by atoms with Crippen LogP contribution in [0.4, 0.5) is 5.69 Å². The van der Waals surface area contributed by atoms with Crippen molar-refractivity contribution in [1.29, 1.82) is 0 Å². The van der Waals surface area contributed by atoms with Crippen molar-refractivity contribution in [3.63, 3.8) is 0 Å². The zero-order valence-corrected chi connectivity index (χ0v) is 17.9. The number of nitrogens with one attached hydrogen (secondary N) is 1. The quantitative estimate of drug-likeness (QED) is 0.416. The molecule has 0 spiro atoms. The first-order valence-electron chi connectivity index (χ1n) is 10.8. The van der Waals surface area contributed by atoms with E-state index in [1.165, 1.54) is 0 Å².